The second kappa shape index (κ2) is 9.60. The fourth-order valence-electron chi connectivity index (χ4n) is 3.63. The van der Waals surface area contributed by atoms with Crippen molar-refractivity contribution in [3.8, 4) is 5.75 Å². The van der Waals surface area contributed by atoms with Crippen molar-refractivity contribution in [1.82, 2.24) is 0 Å². The van der Waals surface area contributed by atoms with E-state index < -0.39 is 40.0 Å². The van der Waals surface area contributed by atoms with Crippen molar-refractivity contribution < 1.29 is 31.1 Å². The van der Waals surface area contributed by atoms with Gasteiger partial charge in [-0.25, -0.2) is 8.42 Å². The molecule has 0 fully saturated rings. The van der Waals surface area contributed by atoms with Crippen molar-refractivity contribution in [3.05, 3.63) is 81.8 Å². The Morgan fingerprint density at radius 1 is 1.06 bits per heavy atom. The molecule has 0 bridgehead atoms. The third-order valence-corrected chi connectivity index (χ3v) is 7.60. The van der Waals surface area contributed by atoms with E-state index in [1.807, 2.05) is 12.1 Å². The fourth-order valence-corrected chi connectivity index (χ4v) is 5.64. The van der Waals surface area contributed by atoms with Crippen LogP contribution in [0.1, 0.15) is 11.1 Å². The summed E-state index contributed by atoms with van der Waals surface area (Å²) in [7, 11) is -3.89. The van der Waals surface area contributed by atoms with Crippen LogP contribution in [0.4, 0.5) is 24.5 Å². The molecule has 6 nitrogen and oxygen atoms in total. The lowest BCUT2D eigenvalue weighted by molar-refractivity contribution is -0.137. The molecule has 4 rings (SSSR count). The summed E-state index contributed by atoms with van der Waals surface area (Å²) in [5, 5.41) is 1.92. The van der Waals surface area contributed by atoms with Crippen LogP contribution in [0.3, 0.4) is 0 Å². The largest absolute Gasteiger partial charge is 0.482 e. The molecule has 1 aliphatic rings. The third-order valence-electron chi connectivity index (χ3n) is 5.26. The van der Waals surface area contributed by atoms with Gasteiger partial charge >= 0.3 is 6.18 Å². The highest BCUT2D eigenvalue weighted by molar-refractivity contribution is 7.92. The lowest BCUT2D eigenvalue weighted by Crippen LogP contribution is -2.29. The summed E-state index contributed by atoms with van der Waals surface area (Å²) in [6.45, 7) is -0.367. The molecule has 1 N–H and O–H groups in total. The Labute approximate surface area is 209 Å². The van der Waals surface area contributed by atoms with Crippen molar-refractivity contribution in [3.63, 3.8) is 0 Å². The number of halogens is 5. The number of carbonyl (C=O) groups excluding carboxylic acids is 1. The molecule has 0 saturated heterocycles. The number of ether oxygens (including phenoxy) is 1. The van der Waals surface area contributed by atoms with Gasteiger partial charge in [0.1, 0.15) is 5.75 Å². The lowest BCUT2D eigenvalue weighted by atomic mass is 10.1. The Hall–Kier alpha value is -2.95. The zero-order valence-electron chi connectivity index (χ0n) is 17.8. The summed E-state index contributed by atoms with van der Waals surface area (Å²) >= 11 is 11.8. The van der Waals surface area contributed by atoms with E-state index in [2.05, 4.69) is 5.32 Å². The monoisotopic (exact) mass is 544 g/mol. The van der Waals surface area contributed by atoms with Crippen LogP contribution in [0.5, 0.6) is 5.75 Å². The standard InChI is InChI=1S/C23H17Cl2F3N2O4S/c24-15-5-7-19(17(11-15)23(26,27)28)29-22(31)13-34-21-8-6-16(12-18(21)25)35(32,33)30-10-9-14-3-1-2-4-20(14)30/h1-8,11-12H,9-10,13H2,(H,29,31). The van der Waals surface area contributed by atoms with Crippen LogP contribution >= 0.6 is 23.2 Å². The molecule has 0 atom stereocenters. The number of anilines is 2. The average Bonchev–Trinajstić information content (AvgIpc) is 3.24. The van der Waals surface area contributed by atoms with Gasteiger partial charge in [-0.15, -0.1) is 0 Å². The zero-order chi connectivity index (χ0) is 25.4. The topological polar surface area (TPSA) is 75.7 Å². The number of nitrogens with one attached hydrogen (secondary N) is 1. The van der Waals surface area contributed by atoms with Crippen LogP contribution < -0.4 is 14.4 Å². The van der Waals surface area contributed by atoms with Crippen LogP contribution in [0.25, 0.3) is 0 Å². The molecule has 35 heavy (non-hydrogen) atoms. The molecule has 0 aromatic heterocycles. The first-order valence-electron chi connectivity index (χ1n) is 10.2. The number of amides is 1. The molecule has 1 amide bonds. The predicted octanol–water partition coefficient (Wildman–Crippen LogP) is 5.78. The van der Waals surface area contributed by atoms with Gasteiger partial charge in [-0.1, -0.05) is 41.4 Å². The summed E-state index contributed by atoms with van der Waals surface area (Å²) in [5.41, 5.74) is -0.0630. The van der Waals surface area contributed by atoms with Gasteiger partial charge in [0.2, 0.25) is 0 Å². The van der Waals surface area contributed by atoms with Gasteiger partial charge in [-0.05, 0) is 54.4 Å². The van der Waals surface area contributed by atoms with Crippen molar-refractivity contribution in [1.29, 1.82) is 0 Å². The Bertz CT molecular complexity index is 1400. The maximum atomic E-state index is 13.2. The number of hydrogen-bond acceptors (Lipinski definition) is 4. The highest BCUT2D eigenvalue weighted by Crippen LogP contribution is 2.37. The highest BCUT2D eigenvalue weighted by atomic mass is 35.5. The second-order valence-corrected chi connectivity index (χ2v) is 10.3. The molecule has 0 saturated carbocycles. The summed E-state index contributed by atoms with van der Waals surface area (Å²) in [4.78, 5) is 12.1. The van der Waals surface area contributed by atoms with E-state index in [1.54, 1.807) is 12.1 Å². The van der Waals surface area contributed by atoms with E-state index in [-0.39, 0.29) is 20.7 Å². The fraction of sp³-hybridized carbons (Fsp3) is 0.174. The molecule has 1 aliphatic heterocycles. The van der Waals surface area contributed by atoms with E-state index in [1.165, 1.54) is 28.6 Å². The van der Waals surface area contributed by atoms with Gasteiger partial charge in [0.15, 0.2) is 6.61 Å². The van der Waals surface area contributed by atoms with Gasteiger partial charge in [0.05, 0.1) is 26.9 Å². The number of carbonyl (C=O) groups is 1. The minimum Gasteiger partial charge on any atom is -0.482 e. The first-order valence-corrected chi connectivity index (χ1v) is 12.4. The Kier molecular flexibility index (Phi) is 6.90. The Balaban J connectivity index is 1.46. The third kappa shape index (κ3) is 5.34. The van der Waals surface area contributed by atoms with E-state index in [4.69, 9.17) is 27.9 Å². The Morgan fingerprint density at radius 2 is 1.80 bits per heavy atom. The smallest absolute Gasteiger partial charge is 0.418 e. The number of benzene rings is 3. The number of hydrogen-bond donors (Lipinski definition) is 1. The van der Waals surface area contributed by atoms with Crippen molar-refractivity contribution in [2.75, 3.05) is 22.8 Å². The number of rotatable bonds is 6. The minimum absolute atomic E-state index is 0.00487. The molecular weight excluding hydrogens is 528 g/mol. The Morgan fingerprint density at radius 3 is 2.51 bits per heavy atom. The van der Waals surface area contributed by atoms with Crippen molar-refractivity contribution >= 4 is 50.5 Å². The quantitative estimate of drug-likeness (QED) is 0.426. The second-order valence-electron chi connectivity index (χ2n) is 7.57. The summed E-state index contributed by atoms with van der Waals surface area (Å²) < 4.78 is 72.5. The van der Waals surface area contributed by atoms with Crippen molar-refractivity contribution in [2.24, 2.45) is 0 Å². The summed E-state index contributed by atoms with van der Waals surface area (Å²) in [5.74, 6) is -0.881. The van der Waals surface area contributed by atoms with E-state index in [0.29, 0.717) is 24.7 Å². The van der Waals surface area contributed by atoms with E-state index in [0.717, 1.165) is 11.6 Å². The molecule has 184 valence electrons. The average molecular weight is 545 g/mol. The molecule has 0 unspecified atom stereocenters. The van der Waals surface area contributed by atoms with Crippen LogP contribution in [0, 0.1) is 0 Å². The molecule has 0 aliphatic carbocycles. The number of nitrogens with zero attached hydrogens (tertiary/aromatic N) is 1. The van der Waals surface area contributed by atoms with Crippen LogP contribution in [0.15, 0.2) is 65.6 Å². The maximum absolute atomic E-state index is 13.2. The number of para-hydroxylation sites is 1. The van der Waals surface area contributed by atoms with Gasteiger partial charge < -0.3 is 10.1 Å². The molecule has 1 heterocycles. The molecule has 0 spiro atoms. The molecular formula is C23H17Cl2F3N2O4S. The zero-order valence-corrected chi connectivity index (χ0v) is 20.1. The lowest BCUT2D eigenvalue weighted by Gasteiger charge is -2.20. The molecule has 12 heteroatoms. The van der Waals surface area contributed by atoms with Crippen LogP contribution in [-0.2, 0) is 27.4 Å². The number of sulfonamides is 1. The van der Waals surface area contributed by atoms with Crippen LogP contribution in [0.2, 0.25) is 10.0 Å². The normalized spacial score (nSPS) is 13.5. The van der Waals surface area contributed by atoms with E-state index in [9.17, 15) is 26.4 Å². The number of fused-ring (bicyclic) bond motifs is 1. The SMILES string of the molecule is O=C(COc1ccc(S(=O)(=O)N2CCc3ccccc32)cc1Cl)Nc1ccc(Cl)cc1C(F)(F)F. The van der Waals surface area contributed by atoms with Gasteiger partial charge in [0, 0.05) is 11.6 Å². The van der Waals surface area contributed by atoms with Gasteiger partial charge in [-0.2, -0.15) is 13.2 Å². The molecule has 3 aromatic rings. The first kappa shape index (κ1) is 25.2. The predicted molar refractivity (Wildman–Crippen MR) is 127 cm³/mol. The maximum Gasteiger partial charge on any atom is 0.418 e. The first-order chi connectivity index (χ1) is 16.5. The summed E-state index contributed by atoms with van der Waals surface area (Å²) in [6.07, 6.45) is -4.14. The molecule has 0 radical (unpaired) electrons. The van der Waals surface area contributed by atoms with Gasteiger partial charge in [0.25, 0.3) is 15.9 Å². The highest BCUT2D eigenvalue weighted by Gasteiger charge is 2.34. The molecule has 3 aromatic carbocycles. The van der Waals surface area contributed by atoms with Crippen LogP contribution in [-0.4, -0.2) is 27.5 Å². The summed E-state index contributed by atoms with van der Waals surface area (Å²) in [6, 6.07) is 13.9. The van der Waals surface area contributed by atoms with Gasteiger partial charge in [-0.3, -0.25) is 9.10 Å². The number of alkyl halides is 3. The van der Waals surface area contributed by atoms with E-state index >= 15 is 0 Å². The van der Waals surface area contributed by atoms with Crippen molar-refractivity contribution in [2.45, 2.75) is 17.5 Å². The minimum atomic E-state index is -4.73.